The summed E-state index contributed by atoms with van der Waals surface area (Å²) in [6.45, 7) is 1.75. The maximum Gasteiger partial charge on any atom is 0.0337 e. The summed E-state index contributed by atoms with van der Waals surface area (Å²) >= 11 is 3.55. The molecule has 0 amide bonds. The van der Waals surface area contributed by atoms with E-state index >= 15 is 0 Å². The standard InChI is InChI=1S/C15H17BrN2/c1-17-14-8-6-12(7-9-14)10-18-11-13-4-2-3-5-15(13)16/h2-9,17-18H,10-11H2,1H3. The largest absolute Gasteiger partial charge is 0.388 e. The number of benzene rings is 2. The molecule has 94 valence electrons. The average Bonchev–Trinajstić information content (AvgIpc) is 2.42. The molecule has 0 spiro atoms. The molecule has 0 aliphatic rings. The zero-order valence-corrected chi connectivity index (χ0v) is 12.0. The second-order valence-corrected chi connectivity index (χ2v) is 5.00. The van der Waals surface area contributed by atoms with Gasteiger partial charge >= 0.3 is 0 Å². The summed E-state index contributed by atoms with van der Waals surface area (Å²) in [5, 5.41) is 6.56. The summed E-state index contributed by atoms with van der Waals surface area (Å²) < 4.78 is 1.16. The molecular formula is C15H17BrN2. The van der Waals surface area contributed by atoms with Crippen molar-refractivity contribution in [2.24, 2.45) is 0 Å². The molecule has 0 saturated carbocycles. The fourth-order valence-electron chi connectivity index (χ4n) is 1.77. The third kappa shape index (κ3) is 3.59. The quantitative estimate of drug-likeness (QED) is 0.878. The van der Waals surface area contributed by atoms with Gasteiger partial charge in [0.05, 0.1) is 0 Å². The SMILES string of the molecule is CNc1ccc(CNCc2ccccc2Br)cc1. The first-order valence-electron chi connectivity index (χ1n) is 6.00. The lowest BCUT2D eigenvalue weighted by Crippen LogP contribution is -2.12. The normalized spacial score (nSPS) is 10.3. The molecular weight excluding hydrogens is 288 g/mol. The van der Waals surface area contributed by atoms with Crippen molar-refractivity contribution >= 4 is 21.6 Å². The molecule has 0 bridgehead atoms. The van der Waals surface area contributed by atoms with Crippen molar-refractivity contribution in [1.82, 2.24) is 5.32 Å². The van der Waals surface area contributed by atoms with Crippen molar-refractivity contribution < 1.29 is 0 Å². The number of hydrogen-bond acceptors (Lipinski definition) is 2. The van der Waals surface area contributed by atoms with Gasteiger partial charge in [-0.15, -0.1) is 0 Å². The lowest BCUT2D eigenvalue weighted by Gasteiger charge is -2.07. The van der Waals surface area contributed by atoms with Crippen LogP contribution in [0.15, 0.2) is 53.0 Å². The Kier molecular flexibility index (Phi) is 4.79. The van der Waals surface area contributed by atoms with E-state index in [1.54, 1.807) is 0 Å². The third-order valence-corrected chi connectivity index (χ3v) is 3.62. The zero-order chi connectivity index (χ0) is 12.8. The van der Waals surface area contributed by atoms with Crippen LogP contribution in [0.1, 0.15) is 11.1 Å². The molecule has 0 radical (unpaired) electrons. The predicted octanol–water partition coefficient (Wildman–Crippen LogP) is 3.78. The van der Waals surface area contributed by atoms with E-state index in [9.17, 15) is 0 Å². The first-order valence-corrected chi connectivity index (χ1v) is 6.79. The van der Waals surface area contributed by atoms with Crippen LogP contribution in [-0.2, 0) is 13.1 Å². The van der Waals surface area contributed by atoms with Crippen LogP contribution in [0.25, 0.3) is 0 Å². The van der Waals surface area contributed by atoms with E-state index < -0.39 is 0 Å². The Bertz CT molecular complexity index is 494. The van der Waals surface area contributed by atoms with E-state index in [-0.39, 0.29) is 0 Å². The van der Waals surface area contributed by atoms with Crippen LogP contribution in [-0.4, -0.2) is 7.05 Å². The topological polar surface area (TPSA) is 24.1 Å². The van der Waals surface area contributed by atoms with Gasteiger partial charge in [0, 0.05) is 30.3 Å². The van der Waals surface area contributed by atoms with Crippen LogP contribution in [0.4, 0.5) is 5.69 Å². The highest BCUT2D eigenvalue weighted by Gasteiger charge is 1.98. The van der Waals surface area contributed by atoms with Gasteiger partial charge in [-0.05, 0) is 29.3 Å². The second-order valence-electron chi connectivity index (χ2n) is 4.14. The fourth-order valence-corrected chi connectivity index (χ4v) is 2.20. The van der Waals surface area contributed by atoms with Crippen LogP contribution < -0.4 is 10.6 Å². The molecule has 0 unspecified atom stereocenters. The molecule has 0 aromatic heterocycles. The third-order valence-electron chi connectivity index (χ3n) is 2.85. The Morgan fingerprint density at radius 1 is 0.944 bits per heavy atom. The first-order chi connectivity index (χ1) is 8.79. The smallest absolute Gasteiger partial charge is 0.0337 e. The number of rotatable bonds is 5. The number of hydrogen-bond donors (Lipinski definition) is 2. The highest BCUT2D eigenvalue weighted by molar-refractivity contribution is 9.10. The molecule has 2 nitrogen and oxygen atoms in total. The summed E-state index contributed by atoms with van der Waals surface area (Å²) in [5.74, 6) is 0. The Balaban J connectivity index is 1.86. The second kappa shape index (κ2) is 6.57. The highest BCUT2D eigenvalue weighted by Crippen LogP contribution is 2.15. The summed E-state index contributed by atoms with van der Waals surface area (Å²) in [4.78, 5) is 0. The highest BCUT2D eigenvalue weighted by atomic mass is 79.9. The van der Waals surface area contributed by atoms with Crippen LogP contribution in [0.5, 0.6) is 0 Å². The zero-order valence-electron chi connectivity index (χ0n) is 10.4. The van der Waals surface area contributed by atoms with Crippen molar-refractivity contribution in [3.05, 3.63) is 64.1 Å². The van der Waals surface area contributed by atoms with Crippen LogP contribution in [0.2, 0.25) is 0 Å². The molecule has 0 aliphatic heterocycles. The van der Waals surface area contributed by atoms with Crippen LogP contribution in [0.3, 0.4) is 0 Å². The monoisotopic (exact) mass is 304 g/mol. The van der Waals surface area contributed by atoms with Crippen molar-refractivity contribution in [3.63, 3.8) is 0 Å². The molecule has 2 aromatic rings. The molecule has 3 heteroatoms. The van der Waals surface area contributed by atoms with E-state index in [1.165, 1.54) is 11.1 Å². The molecule has 2 aromatic carbocycles. The van der Waals surface area contributed by atoms with Crippen LogP contribution >= 0.6 is 15.9 Å². The van der Waals surface area contributed by atoms with Gasteiger partial charge in [-0.1, -0.05) is 46.3 Å². The average molecular weight is 305 g/mol. The maximum absolute atomic E-state index is 3.55. The Morgan fingerprint density at radius 2 is 1.67 bits per heavy atom. The van der Waals surface area contributed by atoms with Gasteiger partial charge in [0.1, 0.15) is 0 Å². The van der Waals surface area contributed by atoms with Crippen LogP contribution in [0, 0.1) is 0 Å². The van der Waals surface area contributed by atoms with Gasteiger partial charge in [0.15, 0.2) is 0 Å². The van der Waals surface area contributed by atoms with Crippen molar-refractivity contribution in [2.45, 2.75) is 13.1 Å². The Morgan fingerprint density at radius 3 is 2.33 bits per heavy atom. The number of nitrogens with one attached hydrogen (secondary N) is 2. The van der Waals surface area contributed by atoms with E-state index in [4.69, 9.17) is 0 Å². The lowest BCUT2D eigenvalue weighted by molar-refractivity contribution is 0.691. The Labute approximate surface area is 117 Å². The molecule has 2 N–H and O–H groups in total. The van der Waals surface area contributed by atoms with E-state index in [0.717, 1.165) is 23.2 Å². The van der Waals surface area contributed by atoms with Crippen molar-refractivity contribution in [3.8, 4) is 0 Å². The minimum Gasteiger partial charge on any atom is -0.388 e. The summed E-state index contributed by atoms with van der Waals surface area (Å²) in [7, 11) is 1.93. The molecule has 2 rings (SSSR count). The Hall–Kier alpha value is -1.32. The summed E-state index contributed by atoms with van der Waals surface area (Å²) in [5.41, 5.74) is 3.72. The molecule has 0 saturated heterocycles. The molecule has 0 aliphatic carbocycles. The maximum atomic E-state index is 3.55. The fraction of sp³-hybridized carbons (Fsp3) is 0.200. The molecule has 18 heavy (non-hydrogen) atoms. The molecule has 0 fully saturated rings. The number of halogens is 1. The number of anilines is 1. The lowest BCUT2D eigenvalue weighted by atomic mass is 10.2. The van der Waals surface area contributed by atoms with E-state index in [0.29, 0.717) is 0 Å². The van der Waals surface area contributed by atoms with E-state index in [1.807, 2.05) is 13.1 Å². The van der Waals surface area contributed by atoms with Gasteiger partial charge in [-0.3, -0.25) is 0 Å². The predicted molar refractivity (Wildman–Crippen MR) is 80.7 cm³/mol. The van der Waals surface area contributed by atoms with Gasteiger partial charge in [0.25, 0.3) is 0 Å². The minimum absolute atomic E-state index is 0.870. The minimum atomic E-state index is 0.870. The van der Waals surface area contributed by atoms with Gasteiger partial charge in [0.2, 0.25) is 0 Å². The van der Waals surface area contributed by atoms with Gasteiger partial charge in [-0.25, -0.2) is 0 Å². The summed E-state index contributed by atoms with van der Waals surface area (Å²) in [6.07, 6.45) is 0. The summed E-state index contributed by atoms with van der Waals surface area (Å²) in [6, 6.07) is 16.7. The van der Waals surface area contributed by atoms with Crippen molar-refractivity contribution in [2.75, 3.05) is 12.4 Å². The molecule has 0 heterocycles. The van der Waals surface area contributed by atoms with Crippen molar-refractivity contribution in [1.29, 1.82) is 0 Å². The first kappa shape index (κ1) is 13.1. The van der Waals surface area contributed by atoms with Gasteiger partial charge in [-0.2, -0.15) is 0 Å². The van der Waals surface area contributed by atoms with Gasteiger partial charge < -0.3 is 10.6 Å². The molecule has 0 atom stereocenters. The van der Waals surface area contributed by atoms with E-state index in [2.05, 4.69) is 69.0 Å².